The number of esters is 1. The molecule has 0 aliphatic rings. The van der Waals surface area contributed by atoms with E-state index >= 15 is 0 Å². The topological polar surface area (TPSA) is 98.9 Å². The third-order valence-corrected chi connectivity index (χ3v) is 5.97. The number of hydrogen-bond acceptors (Lipinski definition) is 6. The number of amides is 1. The first-order valence-corrected chi connectivity index (χ1v) is 13.0. The number of anilines is 1. The number of ketones is 1. The van der Waals surface area contributed by atoms with Crippen LogP contribution in [0.2, 0.25) is 0 Å². The van der Waals surface area contributed by atoms with Gasteiger partial charge < -0.3 is 20.1 Å². The van der Waals surface area contributed by atoms with Crippen LogP contribution in [0.15, 0.2) is 72.8 Å². The van der Waals surface area contributed by atoms with Gasteiger partial charge in [0.15, 0.2) is 0 Å². The maximum absolute atomic E-state index is 13.0. The highest BCUT2D eigenvalue weighted by Crippen LogP contribution is 2.19. The van der Waals surface area contributed by atoms with Gasteiger partial charge in [-0.3, -0.25) is 9.59 Å². The lowest BCUT2D eigenvalue weighted by Gasteiger charge is -2.22. The Bertz CT molecular complexity index is 1190. The molecule has 0 aliphatic carbocycles. The van der Waals surface area contributed by atoms with Crippen molar-refractivity contribution in [3.05, 3.63) is 89.5 Å². The van der Waals surface area contributed by atoms with Crippen LogP contribution in [-0.2, 0) is 11.3 Å². The van der Waals surface area contributed by atoms with Crippen LogP contribution < -0.4 is 15.2 Å². The summed E-state index contributed by atoms with van der Waals surface area (Å²) in [6, 6.07) is 20.4. The lowest BCUT2D eigenvalue weighted by atomic mass is 10.1. The molecule has 0 atom stereocenters. The van der Waals surface area contributed by atoms with Gasteiger partial charge in [-0.1, -0.05) is 44.7 Å². The van der Waals surface area contributed by atoms with Crippen LogP contribution in [0.5, 0.6) is 11.5 Å². The van der Waals surface area contributed by atoms with Gasteiger partial charge in [-0.25, -0.2) is 4.79 Å². The van der Waals surface area contributed by atoms with Crippen molar-refractivity contribution < 1.29 is 23.9 Å². The molecule has 0 bridgehead atoms. The molecule has 2 N–H and O–H groups in total. The van der Waals surface area contributed by atoms with Crippen molar-refractivity contribution in [1.82, 2.24) is 4.90 Å². The molecule has 0 aliphatic heterocycles. The number of rotatable bonds is 14. The summed E-state index contributed by atoms with van der Waals surface area (Å²) in [4.78, 5) is 38.8. The Balaban J connectivity index is 1.54. The molecule has 3 aromatic carbocycles. The molecular weight excluding hydrogens is 480 g/mol. The van der Waals surface area contributed by atoms with Crippen LogP contribution in [0.1, 0.15) is 72.2 Å². The van der Waals surface area contributed by atoms with Gasteiger partial charge in [-0.15, -0.1) is 0 Å². The quantitative estimate of drug-likeness (QED) is 0.121. The van der Waals surface area contributed by atoms with Crippen molar-refractivity contribution >= 4 is 23.3 Å². The Morgan fingerprint density at radius 1 is 0.763 bits per heavy atom. The number of hydrogen-bond donors (Lipinski definition) is 1. The highest BCUT2D eigenvalue weighted by Gasteiger charge is 2.18. The molecule has 0 unspecified atom stereocenters. The summed E-state index contributed by atoms with van der Waals surface area (Å²) in [5, 5.41) is 0. The van der Waals surface area contributed by atoms with Crippen molar-refractivity contribution in [2.45, 2.75) is 52.5 Å². The van der Waals surface area contributed by atoms with E-state index in [1.54, 1.807) is 72.8 Å². The molecule has 0 spiro atoms. The van der Waals surface area contributed by atoms with Crippen molar-refractivity contribution in [2.75, 3.05) is 18.9 Å². The van der Waals surface area contributed by atoms with Gasteiger partial charge in [0, 0.05) is 17.8 Å². The number of benzene rings is 3. The van der Waals surface area contributed by atoms with Gasteiger partial charge in [0.2, 0.25) is 0 Å². The molecule has 3 aromatic rings. The molecular formula is C31H36N2O5. The van der Waals surface area contributed by atoms with Gasteiger partial charge in [0.25, 0.3) is 5.91 Å². The molecule has 3 rings (SSSR count). The molecule has 7 heteroatoms. The third kappa shape index (κ3) is 9.07. The van der Waals surface area contributed by atoms with E-state index in [9.17, 15) is 14.4 Å². The van der Waals surface area contributed by atoms with E-state index in [-0.39, 0.29) is 24.8 Å². The number of carbonyl (C=O) groups is 3. The van der Waals surface area contributed by atoms with E-state index < -0.39 is 5.97 Å². The van der Waals surface area contributed by atoms with E-state index in [1.807, 2.05) is 0 Å². The minimum absolute atomic E-state index is 0.0154. The van der Waals surface area contributed by atoms with Crippen LogP contribution in [0.25, 0.3) is 0 Å². The minimum atomic E-state index is -0.472. The average molecular weight is 517 g/mol. The predicted octanol–water partition coefficient (Wildman–Crippen LogP) is 6.07. The van der Waals surface area contributed by atoms with E-state index in [1.165, 1.54) is 31.1 Å². The van der Waals surface area contributed by atoms with E-state index in [0.717, 1.165) is 24.2 Å². The molecule has 7 nitrogen and oxygen atoms in total. The molecule has 1 amide bonds. The van der Waals surface area contributed by atoms with Crippen molar-refractivity contribution in [1.29, 1.82) is 0 Å². The fraction of sp³-hybridized carbons (Fsp3) is 0.323. The summed E-state index contributed by atoms with van der Waals surface area (Å²) >= 11 is 0. The summed E-state index contributed by atoms with van der Waals surface area (Å²) in [6.45, 7) is 4.52. The number of nitrogens with two attached hydrogens (primary N) is 1. The van der Waals surface area contributed by atoms with Crippen LogP contribution >= 0.6 is 0 Å². The second kappa shape index (κ2) is 14.6. The first kappa shape index (κ1) is 28.4. The maximum Gasteiger partial charge on any atom is 0.343 e. The smallest absolute Gasteiger partial charge is 0.343 e. The van der Waals surface area contributed by atoms with Gasteiger partial charge in [-0.2, -0.15) is 0 Å². The Morgan fingerprint density at radius 3 is 2.00 bits per heavy atom. The molecule has 0 radical (unpaired) electrons. The zero-order chi connectivity index (χ0) is 27.3. The zero-order valence-electron chi connectivity index (χ0n) is 22.2. The number of nitrogen functional groups attached to an aromatic ring is 1. The highest BCUT2D eigenvalue weighted by atomic mass is 16.5. The van der Waals surface area contributed by atoms with Crippen molar-refractivity contribution in [2.24, 2.45) is 0 Å². The second-order valence-electron chi connectivity index (χ2n) is 9.31. The molecule has 0 aromatic heterocycles. The summed E-state index contributed by atoms with van der Waals surface area (Å²) in [6.07, 6.45) is 5.87. The van der Waals surface area contributed by atoms with Crippen LogP contribution in [-0.4, -0.2) is 35.7 Å². The van der Waals surface area contributed by atoms with Gasteiger partial charge >= 0.3 is 5.97 Å². The van der Waals surface area contributed by atoms with Crippen LogP contribution in [0.3, 0.4) is 0 Å². The van der Waals surface area contributed by atoms with E-state index in [0.29, 0.717) is 29.2 Å². The second-order valence-corrected chi connectivity index (χ2v) is 9.31. The SMILES string of the molecule is CCCCCCCOc1ccc(C(=O)Oc2ccc(CN(CC(C)=O)C(=O)c3ccc(N)cc3)cc2)cc1. The Hall–Kier alpha value is -4.13. The fourth-order valence-corrected chi connectivity index (χ4v) is 3.91. The molecule has 0 saturated carbocycles. The number of nitrogens with zero attached hydrogens (tertiary/aromatic N) is 1. The molecule has 200 valence electrons. The van der Waals surface area contributed by atoms with Crippen molar-refractivity contribution in [3.8, 4) is 11.5 Å². The Labute approximate surface area is 224 Å². The maximum atomic E-state index is 13.0. The van der Waals surface area contributed by atoms with Gasteiger partial charge in [-0.05, 0) is 79.6 Å². The van der Waals surface area contributed by atoms with Crippen molar-refractivity contribution in [3.63, 3.8) is 0 Å². The molecule has 38 heavy (non-hydrogen) atoms. The van der Waals surface area contributed by atoms with Gasteiger partial charge in [0.05, 0.1) is 18.7 Å². The minimum Gasteiger partial charge on any atom is -0.494 e. The first-order chi connectivity index (χ1) is 18.4. The number of Topliss-reactive ketones (excluding diaryl/α,β-unsaturated/α-hetero) is 1. The number of unbranched alkanes of at least 4 members (excludes halogenated alkanes) is 4. The first-order valence-electron chi connectivity index (χ1n) is 13.0. The lowest BCUT2D eigenvalue weighted by molar-refractivity contribution is -0.117. The van der Waals surface area contributed by atoms with Crippen LogP contribution in [0, 0.1) is 0 Å². The van der Waals surface area contributed by atoms with E-state index in [4.69, 9.17) is 15.2 Å². The average Bonchev–Trinajstić information content (AvgIpc) is 2.91. The summed E-state index contributed by atoms with van der Waals surface area (Å²) in [5.74, 6) is 0.252. The molecule has 0 fully saturated rings. The Morgan fingerprint density at radius 2 is 1.37 bits per heavy atom. The zero-order valence-corrected chi connectivity index (χ0v) is 22.2. The fourth-order valence-electron chi connectivity index (χ4n) is 3.91. The number of ether oxygens (including phenoxy) is 2. The van der Waals surface area contributed by atoms with E-state index in [2.05, 4.69) is 6.92 Å². The van der Waals surface area contributed by atoms with Gasteiger partial charge in [0.1, 0.15) is 17.3 Å². The summed E-state index contributed by atoms with van der Waals surface area (Å²) in [7, 11) is 0. The third-order valence-electron chi connectivity index (χ3n) is 5.97. The lowest BCUT2D eigenvalue weighted by Crippen LogP contribution is -2.34. The predicted molar refractivity (Wildman–Crippen MR) is 148 cm³/mol. The van der Waals surface area contributed by atoms with Crippen LogP contribution in [0.4, 0.5) is 5.69 Å². The normalized spacial score (nSPS) is 10.6. The highest BCUT2D eigenvalue weighted by molar-refractivity contribution is 5.96. The largest absolute Gasteiger partial charge is 0.494 e. The Kier molecular flexibility index (Phi) is 10.9. The number of carbonyl (C=O) groups excluding carboxylic acids is 3. The standard InChI is InChI=1S/C31H36N2O5/c1-3-4-5-6-7-20-37-28-18-12-26(13-19-28)31(36)38-29-16-8-24(9-17-29)22-33(21-23(2)34)30(35)25-10-14-27(32)15-11-25/h8-19H,3-7,20-22,32H2,1-2H3. The molecule has 0 saturated heterocycles. The monoisotopic (exact) mass is 516 g/mol. The summed E-state index contributed by atoms with van der Waals surface area (Å²) in [5.41, 5.74) is 7.94. The summed E-state index contributed by atoms with van der Waals surface area (Å²) < 4.78 is 11.3. The molecule has 0 heterocycles.